The SMILES string of the molecule is CCc1ccc(/C(O)=C2/C(=O)C(=O)N(Cc3cccnc3)C2c2ccccc2F)cc1. The van der Waals surface area contributed by atoms with Crippen LogP contribution in [0.1, 0.15) is 35.2 Å². The number of aliphatic hydroxyl groups excluding tert-OH is 1. The molecule has 31 heavy (non-hydrogen) atoms. The molecule has 2 heterocycles. The molecular formula is C25H21FN2O3. The average molecular weight is 416 g/mol. The van der Waals surface area contributed by atoms with Crippen molar-refractivity contribution in [2.45, 2.75) is 25.9 Å². The fourth-order valence-electron chi connectivity index (χ4n) is 3.81. The van der Waals surface area contributed by atoms with E-state index in [2.05, 4.69) is 4.98 Å². The van der Waals surface area contributed by atoms with Crippen molar-refractivity contribution in [1.29, 1.82) is 0 Å². The zero-order chi connectivity index (χ0) is 22.0. The van der Waals surface area contributed by atoms with Crippen molar-refractivity contribution < 1.29 is 19.1 Å². The third kappa shape index (κ3) is 3.84. The zero-order valence-electron chi connectivity index (χ0n) is 17.0. The summed E-state index contributed by atoms with van der Waals surface area (Å²) in [6.45, 7) is 2.07. The number of carbonyl (C=O) groups is 2. The Morgan fingerprint density at radius 2 is 1.77 bits per heavy atom. The van der Waals surface area contributed by atoms with Crippen LogP contribution < -0.4 is 0 Å². The van der Waals surface area contributed by atoms with Crippen LogP contribution in [0.2, 0.25) is 0 Å². The number of benzene rings is 2. The molecule has 1 aliphatic rings. The van der Waals surface area contributed by atoms with Gasteiger partial charge < -0.3 is 10.0 Å². The summed E-state index contributed by atoms with van der Waals surface area (Å²) in [6, 6.07) is 15.5. The number of ketones is 1. The zero-order valence-corrected chi connectivity index (χ0v) is 17.0. The van der Waals surface area contributed by atoms with E-state index < -0.39 is 23.5 Å². The predicted octanol–water partition coefficient (Wildman–Crippen LogP) is 4.41. The second kappa shape index (κ2) is 8.52. The number of amides is 1. The lowest BCUT2D eigenvalue weighted by Crippen LogP contribution is -2.29. The Labute approximate surface area is 179 Å². The summed E-state index contributed by atoms with van der Waals surface area (Å²) in [4.78, 5) is 31.3. The Bertz CT molecular complexity index is 1160. The molecule has 1 amide bonds. The molecule has 0 saturated carbocycles. The number of pyridine rings is 1. The number of aromatic nitrogens is 1. The molecule has 6 heteroatoms. The van der Waals surface area contributed by atoms with Crippen molar-refractivity contribution in [3.8, 4) is 0 Å². The van der Waals surface area contributed by atoms with Crippen LogP contribution in [0, 0.1) is 5.82 Å². The van der Waals surface area contributed by atoms with Crippen molar-refractivity contribution in [3.05, 3.63) is 107 Å². The maximum absolute atomic E-state index is 14.8. The van der Waals surface area contributed by atoms with Crippen molar-refractivity contribution in [2.24, 2.45) is 0 Å². The normalized spacial score (nSPS) is 17.9. The van der Waals surface area contributed by atoms with Crippen molar-refractivity contribution in [3.63, 3.8) is 0 Å². The summed E-state index contributed by atoms with van der Waals surface area (Å²) in [5.74, 6) is -2.50. The molecule has 0 aliphatic carbocycles. The molecule has 1 aromatic heterocycles. The number of hydrogen-bond acceptors (Lipinski definition) is 4. The Hall–Kier alpha value is -3.80. The highest BCUT2D eigenvalue weighted by Crippen LogP contribution is 2.41. The largest absolute Gasteiger partial charge is 0.507 e. The number of carbonyl (C=O) groups excluding carboxylic acids is 2. The summed E-state index contributed by atoms with van der Waals surface area (Å²) in [7, 11) is 0. The van der Waals surface area contributed by atoms with Crippen LogP contribution in [0.4, 0.5) is 4.39 Å². The molecule has 156 valence electrons. The third-order valence-electron chi connectivity index (χ3n) is 5.45. The van der Waals surface area contributed by atoms with Gasteiger partial charge in [0.1, 0.15) is 11.6 Å². The Balaban J connectivity index is 1.86. The van der Waals surface area contributed by atoms with Crippen LogP contribution in [-0.2, 0) is 22.6 Å². The van der Waals surface area contributed by atoms with Gasteiger partial charge in [0.05, 0.1) is 11.6 Å². The van der Waals surface area contributed by atoms with Crippen molar-refractivity contribution >= 4 is 17.4 Å². The van der Waals surface area contributed by atoms with E-state index in [1.807, 2.05) is 19.1 Å². The number of likely N-dealkylation sites (tertiary alicyclic amines) is 1. The maximum atomic E-state index is 14.8. The summed E-state index contributed by atoms with van der Waals surface area (Å²) in [5, 5.41) is 11.0. The molecular weight excluding hydrogens is 395 g/mol. The van der Waals surface area contributed by atoms with Gasteiger partial charge in [0.2, 0.25) is 0 Å². The fourth-order valence-corrected chi connectivity index (χ4v) is 3.81. The van der Waals surface area contributed by atoms with Gasteiger partial charge in [-0.2, -0.15) is 0 Å². The molecule has 5 nitrogen and oxygen atoms in total. The van der Waals surface area contributed by atoms with Gasteiger partial charge in [-0.3, -0.25) is 14.6 Å². The number of Topliss-reactive ketones (excluding diaryl/α,β-unsaturated/α-hetero) is 1. The summed E-state index contributed by atoms with van der Waals surface area (Å²) in [5.41, 5.74) is 2.19. The molecule has 0 bridgehead atoms. The lowest BCUT2D eigenvalue weighted by Gasteiger charge is -2.25. The summed E-state index contributed by atoms with van der Waals surface area (Å²) in [6.07, 6.45) is 4.01. The first kappa shape index (κ1) is 20.5. The van der Waals surface area contributed by atoms with Crippen LogP contribution in [-0.4, -0.2) is 26.7 Å². The number of aryl methyl sites for hydroxylation is 1. The van der Waals surface area contributed by atoms with Crippen LogP contribution >= 0.6 is 0 Å². The van der Waals surface area contributed by atoms with E-state index >= 15 is 0 Å². The predicted molar refractivity (Wildman–Crippen MR) is 114 cm³/mol. The minimum atomic E-state index is -1.05. The smallest absolute Gasteiger partial charge is 0.295 e. The fraction of sp³-hybridized carbons (Fsp3) is 0.160. The Morgan fingerprint density at radius 1 is 1.03 bits per heavy atom. The van der Waals surface area contributed by atoms with E-state index in [0.29, 0.717) is 11.1 Å². The first-order chi connectivity index (χ1) is 15.0. The van der Waals surface area contributed by atoms with E-state index in [-0.39, 0.29) is 23.4 Å². The highest BCUT2D eigenvalue weighted by atomic mass is 19.1. The van der Waals surface area contributed by atoms with Gasteiger partial charge in [0, 0.05) is 30.1 Å². The first-order valence-corrected chi connectivity index (χ1v) is 10.0. The van der Waals surface area contributed by atoms with Gasteiger partial charge in [-0.05, 0) is 29.7 Å². The summed E-state index contributed by atoms with van der Waals surface area (Å²) < 4.78 is 14.8. The maximum Gasteiger partial charge on any atom is 0.295 e. The van der Waals surface area contributed by atoms with Gasteiger partial charge in [-0.25, -0.2) is 4.39 Å². The minimum absolute atomic E-state index is 0.0585. The van der Waals surface area contributed by atoms with Crippen LogP contribution in [0.3, 0.4) is 0 Å². The highest BCUT2D eigenvalue weighted by Gasteiger charge is 2.46. The van der Waals surface area contributed by atoms with Crippen LogP contribution in [0.25, 0.3) is 5.76 Å². The molecule has 2 aromatic carbocycles. The summed E-state index contributed by atoms with van der Waals surface area (Å²) >= 11 is 0. The lowest BCUT2D eigenvalue weighted by atomic mass is 9.94. The second-order valence-corrected chi connectivity index (χ2v) is 7.36. The molecule has 1 atom stereocenters. The molecule has 1 saturated heterocycles. The Morgan fingerprint density at radius 3 is 2.42 bits per heavy atom. The molecule has 0 radical (unpaired) electrons. The number of nitrogens with zero attached hydrogens (tertiary/aromatic N) is 2. The minimum Gasteiger partial charge on any atom is -0.507 e. The monoisotopic (exact) mass is 416 g/mol. The van der Waals surface area contributed by atoms with Gasteiger partial charge >= 0.3 is 0 Å². The second-order valence-electron chi connectivity index (χ2n) is 7.36. The van der Waals surface area contributed by atoms with E-state index in [0.717, 1.165) is 12.0 Å². The average Bonchev–Trinajstić information content (AvgIpc) is 3.04. The third-order valence-corrected chi connectivity index (χ3v) is 5.45. The topological polar surface area (TPSA) is 70.5 Å². The van der Waals surface area contributed by atoms with Crippen LogP contribution in [0.15, 0.2) is 78.6 Å². The van der Waals surface area contributed by atoms with E-state index in [1.54, 1.807) is 42.7 Å². The molecule has 3 aromatic rings. The van der Waals surface area contributed by atoms with Crippen molar-refractivity contribution in [1.82, 2.24) is 9.88 Å². The number of aliphatic hydroxyl groups is 1. The quantitative estimate of drug-likeness (QED) is 0.380. The van der Waals surface area contributed by atoms with E-state index in [1.165, 1.54) is 23.1 Å². The van der Waals surface area contributed by atoms with Gasteiger partial charge in [-0.1, -0.05) is 55.5 Å². The molecule has 1 unspecified atom stereocenters. The van der Waals surface area contributed by atoms with Gasteiger partial charge in [0.25, 0.3) is 11.7 Å². The lowest BCUT2D eigenvalue weighted by molar-refractivity contribution is -0.140. The van der Waals surface area contributed by atoms with E-state index in [9.17, 15) is 19.1 Å². The Kier molecular flexibility index (Phi) is 5.62. The number of hydrogen-bond donors (Lipinski definition) is 1. The number of rotatable bonds is 5. The first-order valence-electron chi connectivity index (χ1n) is 10.0. The van der Waals surface area contributed by atoms with Crippen LogP contribution in [0.5, 0.6) is 0 Å². The molecule has 4 rings (SSSR count). The molecule has 1 N–H and O–H groups in total. The molecule has 1 fully saturated rings. The van der Waals surface area contributed by atoms with Gasteiger partial charge in [-0.15, -0.1) is 0 Å². The molecule has 0 spiro atoms. The van der Waals surface area contributed by atoms with Gasteiger partial charge in [0.15, 0.2) is 0 Å². The number of halogens is 1. The molecule has 1 aliphatic heterocycles. The standard InChI is InChI=1S/C25H21FN2O3/c1-2-16-9-11-18(12-10-16)23(29)21-22(19-7-3-4-8-20(19)26)28(25(31)24(21)30)15-17-6-5-13-27-14-17/h3-14,22,29H,2,15H2,1H3/b23-21-. The van der Waals surface area contributed by atoms with Crippen molar-refractivity contribution in [2.75, 3.05) is 0 Å². The van der Waals surface area contributed by atoms with E-state index in [4.69, 9.17) is 0 Å². The highest BCUT2D eigenvalue weighted by molar-refractivity contribution is 6.46.